The molecule has 0 aliphatic carbocycles. The molecule has 0 saturated heterocycles. The third kappa shape index (κ3) is 4.91. The van der Waals surface area contributed by atoms with Crippen LogP contribution in [-0.4, -0.2) is 25.6 Å². The van der Waals surface area contributed by atoms with Gasteiger partial charge in [-0.2, -0.15) is 0 Å². The Balaban J connectivity index is 2.59. The third-order valence-electron chi connectivity index (χ3n) is 3.14. The molecule has 0 aliphatic rings. The van der Waals surface area contributed by atoms with Crippen LogP contribution < -0.4 is 15.8 Å². The van der Waals surface area contributed by atoms with Gasteiger partial charge in [-0.05, 0) is 23.1 Å². The van der Waals surface area contributed by atoms with E-state index < -0.39 is 0 Å². The van der Waals surface area contributed by atoms with E-state index in [-0.39, 0.29) is 17.4 Å². The zero-order valence-electron chi connectivity index (χ0n) is 12.2. The Bertz CT molecular complexity index is 407. The van der Waals surface area contributed by atoms with Crippen LogP contribution >= 0.6 is 0 Å². The van der Waals surface area contributed by atoms with Crippen molar-refractivity contribution in [1.82, 2.24) is 5.32 Å². The quantitative estimate of drug-likeness (QED) is 0.851. The first kappa shape index (κ1) is 15.5. The Morgan fingerprint density at radius 1 is 1.32 bits per heavy atom. The highest BCUT2D eigenvalue weighted by atomic mass is 16.5. The summed E-state index contributed by atoms with van der Waals surface area (Å²) in [4.78, 5) is 12.0. The van der Waals surface area contributed by atoms with Gasteiger partial charge in [0.1, 0.15) is 5.75 Å². The summed E-state index contributed by atoms with van der Waals surface area (Å²) in [5.41, 5.74) is 6.63. The minimum atomic E-state index is -0.0374. The Hall–Kier alpha value is -1.55. The van der Waals surface area contributed by atoms with Crippen LogP contribution in [0.3, 0.4) is 0 Å². The first-order valence-electron chi connectivity index (χ1n) is 6.49. The molecule has 0 heterocycles. The maximum Gasteiger partial charge on any atom is 0.224 e. The molecule has 0 aromatic heterocycles. The van der Waals surface area contributed by atoms with Crippen LogP contribution in [0.25, 0.3) is 0 Å². The molecule has 0 spiro atoms. The van der Waals surface area contributed by atoms with Crippen molar-refractivity contribution in [3.63, 3.8) is 0 Å². The molecule has 4 heteroatoms. The van der Waals surface area contributed by atoms with Gasteiger partial charge in [0, 0.05) is 12.6 Å². The molecule has 1 atom stereocenters. The lowest BCUT2D eigenvalue weighted by molar-refractivity contribution is -0.121. The predicted molar refractivity (Wildman–Crippen MR) is 77.1 cm³/mol. The van der Waals surface area contributed by atoms with Gasteiger partial charge in [-0.15, -0.1) is 0 Å². The normalized spacial score (nSPS) is 12.9. The molecule has 0 bridgehead atoms. The van der Waals surface area contributed by atoms with Gasteiger partial charge in [0.05, 0.1) is 13.5 Å². The van der Waals surface area contributed by atoms with Gasteiger partial charge in [0.25, 0.3) is 0 Å². The fourth-order valence-corrected chi connectivity index (χ4v) is 1.80. The molecule has 1 aromatic rings. The van der Waals surface area contributed by atoms with Crippen LogP contribution in [0, 0.1) is 5.41 Å². The van der Waals surface area contributed by atoms with Crippen molar-refractivity contribution in [3.8, 4) is 5.75 Å². The highest BCUT2D eigenvalue weighted by molar-refractivity contribution is 5.79. The van der Waals surface area contributed by atoms with Crippen LogP contribution in [0.2, 0.25) is 0 Å². The van der Waals surface area contributed by atoms with Crippen molar-refractivity contribution in [3.05, 3.63) is 29.8 Å². The highest BCUT2D eigenvalue weighted by Crippen LogP contribution is 2.18. The summed E-state index contributed by atoms with van der Waals surface area (Å²) in [6.07, 6.45) is 0.358. The molecular weight excluding hydrogens is 240 g/mol. The van der Waals surface area contributed by atoms with Crippen molar-refractivity contribution in [2.45, 2.75) is 33.2 Å². The Kier molecular flexibility index (Phi) is 5.36. The van der Waals surface area contributed by atoms with Gasteiger partial charge in [0.15, 0.2) is 0 Å². The summed E-state index contributed by atoms with van der Waals surface area (Å²) in [5, 5.41) is 2.99. The summed E-state index contributed by atoms with van der Waals surface area (Å²) in [7, 11) is 1.62. The summed E-state index contributed by atoms with van der Waals surface area (Å²) in [5.74, 6) is 0.786. The number of amides is 1. The number of benzene rings is 1. The minimum Gasteiger partial charge on any atom is -0.497 e. The number of hydrogen-bond acceptors (Lipinski definition) is 3. The molecule has 19 heavy (non-hydrogen) atoms. The van der Waals surface area contributed by atoms with Gasteiger partial charge in [-0.1, -0.05) is 32.9 Å². The van der Waals surface area contributed by atoms with E-state index in [0.29, 0.717) is 13.0 Å². The number of hydrogen-bond donors (Lipinski definition) is 2. The van der Waals surface area contributed by atoms with E-state index >= 15 is 0 Å². The standard InChI is InChI=1S/C15H24N2O2/c1-15(2,3)13(10-16)17-14(18)9-11-5-7-12(19-4)8-6-11/h5-8,13H,9-10,16H2,1-4H3,(H,17,18). The highest BCUT2D eigenvalue weighted by Gasteiger charge is 2.24. The molecule has 106 valence electrons. The van der Waals surface area contributed by atoms with Gasteiger partial charge >= 0.3 is 0 Å². The van der Waals surface area contributed by atoms with Crippen LogP contribution in [0.5, 0.6) is 5.75 Å². The number of nitrogens with one attached hydrogen (secondary N) is 1. The average Bonchev–Trinajstić information content (AvgIpc) is 2.35. The van der Waals surface area contributed by atoms with Crippen LogP contribution in [0.4, 0.5) is 0 Å². The van der Waals surface area contributed by atoms with Gasteiger partial charge < -0.3 is 15.8 Å². The predicted octanol–water partition coefficient (Wildman–Crippen LogP) is 1.73. The van der Waals surface area contributed by atoms with E-state index in [9.17, 15) is 4.79 Å². The molecule has 1 unspecified atom stereocenters. The number of rotatable bonds is 5. The third-order valence-corrected chi connectivity index (χ3v) is 3.14. The van der Waals surface area contributed by atoms with Crippen molar-refractivity contribution in [2.75, 3.05) is 13.7 Å². The van der Waals surface area contributed by atoms with Gasteiger partial charge in [-0.3, -0.25) is 4.79 Å². The topological polar surface area (TPSA) is 64.3 Å². The Labute approximate surface area is 115 Å². The zero-order chi connectivity index (χ0) is 14.5. The molecule has 3 N–H and O–H groups in total. The van der Waals surface area contributed by atoms with Gasteiger partial charge in [0.2, 0.25) is 5.91 Å². The summed E-state index contributed by atoms with van der Waals surface area (Å²) in [6.45, 7) is 6.65. The molecule has 1 rings (SSSR count). The average molecular weight is 264 g/mol. The number of methoxy groups -OCH3 is 1. The van der Waals surface area contributed by atoms with Crippen LogP contribution in [-0.2, 0) is 11.2 Å². The first-order valence-corrected chi connectivity index (χ1v) is 6.49. The summed E-state index contributed by atoms with van der Waals surface area (Å²) < 4.78 is 5.08. The molecule has 1 aromatic carbocycles. The number of carbonyl (C=O) groups is 1. The van der Waals surface area contributed by atoms with Crippen LogP contribution in [0.1, 0.15) is 26.3 Å². The van der Waals surface area contributed by atoms with Crippen molar-refractivity contribution < 1.29 is 9.53 Å². The van der Waals surface area contributed by atoms with E-state index in [1.807, 2.05) is 24.3 Å². The van der Waals surface area contributed by atoms with E-state index in [1.165, 1.54) is 0 Å². The van der Waals surface area contributed by atoms with E-state index in [2.05, 4.69) is 26.1 Å². The second-order valence-corrected chi connectivity index (χ2v) is 5.75. The SMILES string of the molecule is COc1ccc(CC(=O)NC(CN)C(C)(C)C)cc1. The maximum absolute atomic E-state index is 12.0. The van der Waals surface area contributed by atoms with Crippen LogP contribution in [0.15, 0.2) is 24.3 Å². The van der Waals surface area contributed by atoms with E-state index in [0.717, 1.165) is 11.3 Å². The fourth-order valence-electron chi connectivity index (χ4n) is 1.80. The Morgan fingerprint density at radius 3 is 2.32 bits per heavy atom. The molecule has 1 amide bonds. The monoisotopic (exact) mass is 264 g/mol. The lowest BCUT2D eigenvalue weighted by Crippen LogP contribution is -2.48. The second-order valence-electron chi connectivity index (χ2n) is 5.75. The Morgan fingerprint density at radius 2 is 1.89 bits per heavy atom. The van der Waals surface area contributed by atoms with Crippen molar-refractivity contribution in [2.24, 2.45) is 11.1 Å². The maximum atomic E-state index is 12.0. The van der Waals surface area contributed by atoms with Gasteiger partial charge in [-0.25, -0.2) is 0 Å². The number of nitrogens with two attached hydrogens (primary N) is 1. The molecular formula is C15H24N2O2. The van der Waals surface area contributed by atoms with E-state index in [4.69, 9.17) is 10.5 Å². The molecule has 0 radical (unpaired) electrons. The van der Waals surface area contributed by atoms with Crippen molar-refractivity contribution >= 4 is 5.91 Å². The van der Waals surface area contributed by atoms with E-state index in [1.54, 1.807) is 7.11 Å². The lowest BCUT2D eigenvalue weighted by atomic mass is 9.86. The molecule has 0 saturated carbocycles. The smallest absolute Gasteiger partial charge is 0.224 e. The summed E-state index contributed by atoms with van der Waals surface area (Å²) >= 11 is 0. The first-order chi connectivity index (χ1) is 8.86. The zero-order valence-corrected chi connectivity index (χ0v) is 12.2. The largest absolute Gasteiger partial charge is 0.497 e. The fraction of sp³-hybridized carbons (Fsp3) is 0.533. The summed E-state index contributed by atoms with van der Waals surface area (Å²) in [6, 6.07) is 7.48. The second kappa shape index (κ2) is 6.57. The molecule has 0 fully saturated rings. The van der Waals surface area contributed by atoms with Crippen molar-refractivity contribution in [1.29, 1.82) is 0 Å². The number of ether oxygens (including phenoxy) is 1. The minimum absolute atomic E-state index is 0.00413. The molecule has 4 nitrogen and oxygen atoms in total. The molecule has 0 aliphatic heterocycles. The number of carbonyl (C=O) groups excluding carboxylic acids is 1. The lowest BCUT2D eigenvalue weighted by Gasteiger charge is -2.30.